The zero-order valence-electron chi connectivity index (χ0n) is 16.0. The average Bonchev–Trinajstić information content (AvgIpc) is 3.34. The Hall–Kier alpha value is -3.26. The second-order valence-electron chi connectivity index (χ2n) is 7.77. The fourth-order valence-corrected chi connectivity index (χ4v) is 3.71. The summed E-state index contributed by atoms with van der Waals surface area (Å²) in [7, 11) is 0. The number of carbonyl (C=O) groups is 2. The van der Waals surface area contributed by atoms with Gasteiger partial charge in [-0.25, -0.2) is 9.50 Å². The molecular weight excluding hydrogens is 368 g/mol. The van der Waals surface area contributed by atoms with E-state index in [2.05, 4.69) is 10.1 Å². The Kier molecular flexibility index (Phi) is 4.09. The van der Waals surface area contributed by atoms with Crippen molar-refractivity contribution >= 4 is 17.5 Å². The van der Waals surface area contributed by atoms with Crippen LogP contribution >= 0.6 is 0 Å². The number of piperazine rings is 1. The van der Waals surface area contributed by atoms with E-state index in [4.69, 9.17) is 5.73 Å². The highest BCUT2D eigenvalue weighted by atomic mass is 16.2. The standard InChI is InChI=1S/C21H22N6O2/c22-21(7-8-21)20(29)26-13-11-25(12-14-26)19(28)16-3-1-15(2-4-16)17-5-6-18-23-9-10-27(18)24-17/h1-6,9-10H,7-8,11-14,22H2. The van der Waals surface area contributed by atoms with Gasteiger partial charge in [0.25, 0.3) is 5.91 Å². The van der Waals surface area contributed by atoms with E-state index < -0.39 is 5.54 Å². The SMILES string of the molecule is NC1(C(=O)N2CCN(C(=O)c3ccc(-c4ccc5nccn5n4)cc3)CC2)CC1. The van der Waals surface area contributed by atoms with Crippen LogP contribution in [0.5, 0.6) is 0 Å². The number of imidazole rings is 1. The summed E-state index contributed by atoms with van der Waals surface area (Å²) in [6.07, 6.45) is 5.04. The Labute approximate surface area is 167 Å². The lowest BCUT2D eigenvalue weighted by Crippen LogP contribution is -2.55. The molecule has 0 unspecified atom stereocenters. The van der Waals surface area contributed by atoms with Crippen LogP contribution in [0.25, 0.3) is 16.9 Å². The molecule has 3 heterocycles. The first-order valence-corrected chi connectivity index (χ1v) is 9.82. The zero-order chi connectivity index (χ0) is 20.0. The van der Waals surface area contributed by atoms with Crippen LogP contribution in [0.1, 0.15) is 23.2 Å². The van der Waals surface area contributed by atoms with Gasteiger partial charge in [-0.15, -0.1) is 0 Å². The van der Waals surface area contributed by atoms with Crippen LogP contribution in [0, 0.1) is 0 Å². The highest BCUT2D eigenvalue weighted by Crippen LogP contribution is 2.34. The molecule has 1 aliphatic heterocycles. The smallest absolute Gasteiger partial charge is 0.253 e. The number of nitrogens with two attached hydrogens (primary N) is 1. The second-order valence-corrected chi connectivity index (χ2v) is 7.77. The topological polar surface area (TPSA) is 96.8 Å². The van der Waals surface area contributed by atoms with Crippen LogP contribution in [0.2, 0.25) is 0 Å². The van der Waals surface area contributed by atoms with Crippen LogP contribution < -0.4 is 5.73 Å². The van der Waals surface area contributed by atoms with Crippen molar-refractivity contribution in [3.8, 4) is 11.3 Å². The largest absolute Gasteiger partial charge is 0.338 e. The molecule has 1 saturated carbocycles. The molecule has 0 atom stereocenters. The summed E-state index contributed by atoms with van der Waals surface area (Å²) in [6.45, 7) is 2.13. The number of amides is 2. The molecule has 1 aliphatic carbocycles. The van der Waals surface area contributed by atoms with Crippen molar-refractivity contribution in [3.63, 3.8) is 0 Å². The highest BCUT2D eigenvalue weighted by molar-refractivity contribution is 5.95. The first-order chi connectivity index (χ1) is 14.0. The third kappa shape index (κ3) is 3.25. The number of benzene rings is 1. The number of aromatic nitrogens is 3. The van der Waals surface area contributed by atoms with Gasteiger partial charge in [-0.05, 0) is 37.1 Å². The molecule has 8 nitrogen and oxygen atoms in total. The average molecular weight is 390 g/mol. The predicted octanol–water partition coefficient (Wildman–Crippen LogP) is 1.17. The summed E-state index contributed by atoms with van der Waals surface area (Å²) in [6, 6.07) is 11.3. The summed E-state index contributed by atoms with van der Waals surface area (Å²) < 4.78 is 1.72. The highest BCUT2D eigenvalue weighted by Gasteiger charge is 2.48. The Morgan fingerprint density at radius 2 is 1.62 bits per heavy atom. The maximum absolute atomic E-state index is 12.8. The minimum atomic E-state index is -0.643. The number of nitrogens with zero attached hydrogens (tertiary/aromatic N) is 5. The number of carbonyl (C=O) groups excluding carboxylic acids is 2. The first-order valence-electron chi connectivity index (χ1n) is 9.82. The third-order valence-electron chi connectivity index (χ3n) is 5.75. The fourth-order valence-electron chi connectivity index (χ4n) is 3.71. The summed E-state index contributed by atoms with van der Waals surface area (Å²) >= 11 is 0. The third-order valence-corrected chi connectivity index (χ3v) is 5.75. The second kappa shape index (κ2) is 6.66. The fraction of sp³-hybridized carbons (Fsp3) is 0.333. The van der Waals surface area contributed by atoms with E-state index in [1.165, 1.54) is 0 Å². The Balaban J connectivity index is 1.25. The predicted molar refractivity (Wildman–Crippen MR) is 107 cm³/mol. The lowest BCUT2D eigenvalue weighted by atomic mass is 10.1. The molecule has 29 heavy (non-hydrogen) atoms. The van der Waals surface area contributed by atoms with Gasteiger partial charge in [0.2, 0.25) is 5.91 Å². The monoisotopic (exact) mass is 390 g/mol. The molecule has 3 aromatic rings. The molecule has 5 rings (SSSR count). The van der Waals surface area contributed by atoms with Gasteiger partial charge in [0.05, 0.1) is 11.2 Å². The van der Waals surface area contributed by atoms with Crippen molar-refractivity contribution in [2.45, 2.75) is 18.4 Å². The molecular formula is C21H22N6O2. The van der Waals surface area contributed by atoms with Gasteiger partial charge < -0.3 is 15.5 Å². The maximum atomic E-state index is 12.8. The van der Waals surface area contributed by atoms with Gasteiger partial charge in [-0.2, -0.15) is 5.10 Å². The van der Waals surface area contributed by atoms with Gasteiger partial charge in [-0.1, -0.05) is 12.1 Å². The summed E-state index contributed by atoms with van der Waals surface area (Å²) in [5, 5.41) is 4.53. The molecule has 0 bridgehead atoms. The minimum Gasteiger partial charge on any atom is -0.338 e. The Morgan fingerprint density at radius 1 is 0.931 bits per heavy atom. The molecule has 8 heteroatoms. The van der Waals surface area contributed by atoms with Gasteiger partial charge in [0.1, 0.15) is 0 Å². The van der Waals surface area contributed by atoms with Gasteiger partial charge in [0.15, 0.2) is 5.65 Å². The van der Waals surface area contributed by atoms with Crippen LogP contribution in [-0.4, -0.2) is 67.9 Å². The first kappa shape index (κ1) is 17.8. The van der Waals surface area contributed by atoms with E-state index in [-0.39, 0.29) is 11.8 Å². The van der Waals surface area contributed by atoms with E-state index in [1.807, 2.05) is 36.4 Å². The zero-order valence-corrected chi connectivity index (χ0v) is 16.0. The van der Waals surface area contributed by atoms with Crippen LogP contribution in [0.3, 0.4) is 0 Å². The molecule has 2 fully saturated rings. The number of fused-ring (bicyclic) bond motifs is 1. The van der Waals surface area contributed by atoms with Crippen LogP contribution in [0.4, 0.5) is 0 Å². The Bertz CT molecular complexity index is 1080. The molecule has 2 aliphatic rings. The molecule has 2 amide bonds. The van der Waals surface area contributed by atoms with Crippen molar-refractivity contribution in [1.82, 2.24) is 24.4 Å². The van der Waals surface area contributed by atoms with Crippen LogP contribution in [0.15, 0.2) is 48.8 Å². The van der Waals surface area contributed by atoms with Crippen molar-refractivity contribution in [2.24, 2.45) is 5.73 Å². The normalized spacial score (nSPS) is 18.1. The van der Waals surface area contributed by atoms with Crippen molar-refractivity contribution in [2.75, 3.05) is 26.2 Å². The van der Waals surface area contributed by atoms with E-state index in [9.17, 15) is 9.59 Å². The van der Waals surface area contributed by atoms with Crippen molar-refractivity contribution < 1.29 is 9.59 Å². The number of rotatable bonds is 3. The molecule has 0 radical (unpaired) electrons. The van der Waals surface area contributed by atoms with Gasteiger partial charge >= 0.3 is 0 Å². The van der Waals surface area contributed by atoms with E-state index >= 15 is 0 Å². The summed E-state index contributed by atoms with van der Waals surface area (Å²) in [5.41, 5.74) is 8.55. The molecule has 1 aromatic carbocycles. The molecule has 0 spiro atoms. The molecule has 2 N–H and O–H groups in total. The van der Waals surface area contributed by atoms with Gasteiger partial charge in [0, 0.05) is 49.7 Å². The van der Waals surface area contributed by atoms with Crippen molar-refractivity contribution in [3.05, 3.63) is 54.4 Å². The number of hydrogen-bond acceptors (Lipinski definition) is 5. The summed E-state index contributed by atoms with van der Waals surface area (Å²) in [4.78, 5) is 33.0. The molecule has 148 valence electrons. The Morgan fingerprint density at radius 3 is 2.31 bits per heavy atom. The molecule has 1 saturated heterocycles. The van der Waals surface area contributed by atoms with Crippen LogP contribution in [-0.2, 0) is 4.79 Å². The lowest BCUT2D eigenvalue weighted by molar-refractivity contribution is -0.135. The van der Waals surface area contributed by atoms with Crippen molar-refractivity contribution in [1.29, 1.82) is 0 Å². The molecule has 2 aromatic heterocycles. The number of hydrogen-bond donors (Lipinski definition) is 1. The minimum absolute atomic E-state index is 0.0180. The maximum Gasteiger partial charge on any atom is 0.253 e. The van der Waals surface area contributed by atoms with E-state index in [1.54, 1.807) is 26.7 Å². The lowest BCUT2D eigenvalue weighted by Gasteiger charge is -2.36. The van der Waals surface area contributed by atoms with E-state index in [0.29, 0.717) is 31.7 Å². The quantitative estimate of drug-likeness (QED) is 0.724. The van der Waals surface area contributed by atoms with Gasteiger partial charge in [-0.3, -0.25) is 9.59 Å². The summed E-state index contributed by atoms with van der Waals surface area (Å²) in [5.74, 6) is 0.00636. The van der Waals surface area contributed by atoms with E-state index in [0.717, 1.165) is 29.7 Å².